The summed E-state index contributed by atoms with van der Waals surface area (Å²) >= 11 is 0. The van der Waals surface area contributed by atoms with E-state index in [1.807, 2.05) is 30.6 Å². The second kappa shape index (κ2) is 9.44. The van der Waals surface area contributed by atoms with E-state index in [-0.39, 0.29) is 18.2 Å². The van der Waals surface area contributed by atoms with Crippen LogP contribution >= 0.6 is 0 Å². The Bertz CT molecular complexity index is 1640. The van der Waals surface area contributed by atoms with E-state index in [2.05, 4.69) is 29.9 Å². The number of piperidine rings is 1. The Hall–Kier alpha value is -4.35. The molecule has 11 heteroatoms. The highest BCUT2D eigenvalue weighted by Crippen LogP contribution is 2.37. The molecule has 10 nitrogen and oxygen atoms in total. The van der Waals surface area contributed by atoms with Crippen molar-refractivity contribution in [2.24, 2.45) is 0 Å². The number of hydrogen-bond acceptors (Lipinski definition) is 8. The van der Waals surface area contributed by atoms with Gasteiger partial charge in [-0.25, -0.2) is 19.3 Å². The molecule has 3 N–H and O–H groups in total. The molecule has 2 atom stereocenters. The predicted octanol–water partition coefficient (Wildman–Crippen LogP) is 3.18. The van der Waals surface area contributed by atoms with Gasteiger partial charge >= 0.3 is 0 Å². The highest BCUT2D eigenvalue weighted by molar-refractivity contribution is 5.94. The molecule has 0 radical (unpaired) electrons. The van der Waals surface area contributed by atoms with Gasteiger partial charge in [0.2, 0.25) is 0 Å². The smallest absolute Gasteiger partial charge is 0.141 e. The summed E-state index contributed by atoms with van der Waals surface area (Å²) in [6.45, 7) is 2.69. The highest BCUT2D eigenvalue weighted by atomic mass is 19.1. The number of piperazine rings is 1. The Morgan fingerprint density at radius 1 is 1.00 bits per heavy atom. The van der Waals surface area contributed by atoms with Crippen molar-refractivity contribution in [1.82, 2.24) is 34.6 Å². The fourth-order valence-electron chi connectivity index (χ4n) is 5.78. The molecule has 4 aromatic heterocycles. The second-order valence-corrected chi connectivity index (χ2v) is 10.2. The minimum Gasteiger partial charge on any atom is -0.508 e. The number of aromatic amines is 1. The molecule has 3 fully saturated rings. The monoisotopic (exact) mass is 526 g/mol. The van der Waals surface area contributed by atoms with Crippen molar-refractivity contribution >= 4 is 16.9 Å². The Morgan fingerprint density at radius 2 is 1.87 bits per heavy atom. The number of aromatic nitrogens is 6. The Morgan fingerprint density at radius 3 is 2.67 bits per heavy atom. The first-order chi connectivity index (χ1) is 19.1. The molecule has 5 aromatic rings. The summed E-state index contributed by atoms with van der Waals surface area (Å²) in [6, 6.07) is 10.9. The van der Waals surface area contributed by atoms with Crippen LogP contribution in [0.3, 0.4) is 0 Å². The summed E-state index contributed by atoms with van der Waals surface area (Å²) in [6.07, 6.45) is 8.14. The largest absolute Gasteiger partial charge is 0.508 e. The number of pyridine rings is 1. The lowest BCUT2D eigenvalue weighted by Crippen LogP contribution is -2.68. The van der Waals surface area contributed by atoms with Crippen LogP contribution in [0.4, 0.5) is 10.2 Å². The average Bonchev–Trinajstić information content (AvgIpc) is 3.61. The van der Waals surface area contributed by atoms with Crippen LogP contribution in [0, 0.1) is 5.82 Å². The molecule has 0 spiro atoms. The van der Waals surface area contributed by atoms with Crippen molar-refractivity contribution in [3.05, 3.63) is 72.7 Å². The number of aromatic hydroxyl groups is 1. The van der Waals surface area contributed by atoms with E-state index in [1.165, 1.54) is 18.2 Å². The number of benzene rings is 1. The van der Waals surface area contributed by atoms with Gasteiger partial charge in [-0.3, -0.25) is 9.58 Å². The fraction of sp³-hybridized carbons (Fsp3) is 0.286. The predicted molar refractivity (Wildman–Crippen MR) is 143 cm³/mol. The molecule has 3 saturated heterocycles. The number of nitrogens with one attached hydrogen (secondary N) is 1. The molecule has 8 rings (SSSR count). The van der Waals surface area contributed by atoms with Gasteiger partial charge in [-0.15, -0.1) is 0 Å². The summed E-state index contributed by atoms with van der Waals surface area (Å²) in [4.78, 5) is 21.7. The molecule has 3 aliphatic rings. The summed E-state index contributed by atoms with van der Waals surface area (Å²) in [5.74, 6) is 0.726. The lowest BCUT2D eigenvalue weighted by atomic mass is 9.86. The van der Waals surface area contributed by atoms with E-state index >= 15 is 0 Å². The second-order valence-electron chi connectivity index (χ2n) is 10.2. The zero-order chi connectivity index (χ0) is 26.5. The number of aliphatic hydroxyl groups is 1. The van der Waals surface area contributed by atoms with Gasteiger partial charge in [-0.2, -0.15) is 5.10 Å². The van der Waals surface area contributed by atoms with E-state index in [1.54, 1.807) is 17.2 Å². The zero-order valence-electron chi connectivity index (χ0n) is 21.1. The van der Waals surface area contributed by atoms with Crippen LogP contribution in [0.1, 0.15) is 12.0 Å². The van der Waals surface area contributed by atoms with Gasteiger partial charge in [0, 0.05) is 66.2 Å². The third kappa shape index (κ3) is 4.29. The van der Waals surface area contributed by atoms with E-state index in [0.29, 0.717) is 30.7 Å². The maximum atomic E-state index is 13.7. The van der Waals surface area contributed by atoms with Crippen LogP contribution in [0.25, 0.3) is 33.5 Å². The van der Waals surface area contributed by atoms with Crippen LogP contribution in [0.5, 0.6) is 5.75 Å². The molecule has 2 bridgehead atoms. The molecule has 39 heavy (non-hydrogen) atoms. The van der Waals surface area contributed by atoms with Crippen LogP contribution in [-0.2, 0) is 13.1 Å². The molecule has 7 heterocycles. The third-order valence-corrected chi connectivity index (χ3v) is 7.78. The van der Waals surface area contributed by atoms with Crippen molar-refractivity contribution < 1.29 is 14.6 Å². The summed E-state index contributed by atoms with van der Waals surface area (Å²) in [7, 11) is 0. The molecule has 0 aliphatic carbocycles. The number of anilines is 1. The minimum absolute atomic E-state index is 0.0307. The van der Waals surface area contributed by atoms with Crippen molar-refractivity contribution in [1.29, 1.82) is 0 Å². The molecule has 198 valence electrons. The van der Waals surface area contributed by atoms with Gasteiger partial charge in [0.05, 0.1) is 30.7 Å². The van der Waals surface area contributed by atoms with Crippen LogP contribution in [0.2, 0.25) is 0 Å². The molecule has 0 saturated carbocycles. The molecule has 3 aliphatic heterocycles. The Kier molecular flexibility index (Phi) is 5.75. The van der Waals surface area contributed by atoms with Gasteiger partial charge in [0.15, 0.2) is 0 Å². The zero-order valence-corrected chi connectivity index (χ0v) is 21.1. The van der Waals surface area contributed by atoms with Crippen LogP contribution in [-0.4, -0.2) is 76.6 Å². The number of nitrogens with zero attached hydrogens (tertiary/aromatic N) is 7. The third-order valence-electron chi connectivity index (χ3n) is 7.78. The van der Waals surface area contributed by atoms with E-state index in [4.69, 9.17) is 10.1 Å². The lowest BCUT2D eigenvalue weighted by Gasteiger charge is -2.56. The van der Waals surface area contributed by atoms with Crippen molar-refractivity contribution in [2.75, 3.05) is 24.6 Å². The van der Waals surface area contributed by atoms with Gasteiger partial charge < -0.3 is 20.1 Å². The molecular formula is C28H27FN8O2. The van der Waals surface area contributed by atoms with Gasteiger partial charge in [-0.05, 0) is 42.8 Å². The number of phenolic OH excluding ortho intramolecular Hbond substituents is 1. The molecular weight excluding hydrogens is 499 g/mol. The van der Waals surface area contributed by atoms with Crippen LogP contribution < -0.4 is 4.90 Å². The summed E-state index contributed by atoms with van der Waals surface area (Å²) in [5, 5.41) is 24.5. The summed E-state index contributed by atoms with van der Waals surface area (Å²) < 4.78 is 15.4. The number of hydrogen-bond donors (Lipinski definition) is 3. The first kappa shape index (κ1) is 23.7. The Labute approximate surface area is 223 Å². The first-order valence-electron chi connectivity index (χ1n) is 13.0. The molecule has 1 aromatic carbocycles. The topological polar surface area (TPSA) is 119 Å². The normalized spacial score (nSPS) is 19.0. The maximum Gasteiger partial charge on any atom is 0.141 e. The standard InChI is InChI=1S/C28H27FN8O2/c29-20-2-3-25(39)18(7-20)13-37-21-8-22(37)15-35(14-21)26-4-1-17(10-30-26)27-23-9-24(34-28(23)32-16-31-27)19-11-33-36(12-19)5-6-38/h1-4,7,9-12,16,21-22,38-39H,5-6,8,13-15H2,(H,31,32,34). The highest BCUT2D eigenvalue weighted by Gasteiger charge is 2.44. The number of fused-ring (bicyclic) bond motifs is 3. The van der Waals surface area contributed by atoms with Crippen LogP contribution in [0.15, 0.2) is 61.3 Å². The summed E-state index contributed by atoms with van der Waals surface area (Å²) in [5.41, 5.74) is 4.85. The molecule has 2 unspecified atom stereocenters. The number of phenols is 1. The quantitative estimate of drug-likeness (QED) is 0.296. The van der Waals surface area contributed by atoms with Crippen molar-refractivity contribution in [2.45, 2.75) is 31.6 Å². The average molecular weight is 527 g/mol. The number of H-pyrrole nitrogens is 1. The number of aliphatic hydroxyl groups excluding tert-OH is 1. The number of halogens is 1. The Balaban J connectivity index is 1.07. The van der Waals surface area contributed by atoms with E-state index < -0.39 is 0 Å². The van der Waals surface area contributed by atoms with E-state index in [0.717, 1.165) is 58.9 Å². The first-order valence-corrected chi connectivity index (χ1v) is 13.0. The lowest BCUT2D eigenvalue weighted by molar-refractivity contribution is -0.00921. The number of rotatable bonds is 7. The maximum absolute atomic E-state index is 13.7. The van der Waals surface area contributed by atoms with Gasteiger partial charge in [-0.1, -0.05) is 0 Å². The fourth-order valence-corrected chi connectivity index (χ4v) is 5.78. The minimum atomic E-state index is -0.328. The SMILES string of the molecule is OCCn1cc(-c2cc3c(-c4ccc(N5CC6CC(C5)N6Cc5cc(F)ccc5O)nc4)ncnc3[nH]2)cn1. The van der Waals surface area contributed by atoms with Gasteiger partial charge in [0.25, 0.3) is 0 Å². The van der Waals surface area contributed by atoms with E-state index in [9.17, 15) is 9.50 Å². The molecule has 0 amide bonds. The van der Waals surface area contributed by atoms with Crippen molar-refractivity contribution in [3.8, 4) is 28.3 Å². The van der Waals surface area contributed by atoms with Crippen molar-refractivity contribution in [3.63, 3.8) is 0 Å². The van der Waals surface area contributed by atoms with Gasteiger partial charge in [0.1, 0.15) is 29.4 Å².